The fraction of sp³-hybridized carbons (Fsp3) is 0.0870. The van der Waals surface area contributed by atoms with E-state index >= 15 is 0 Å². The molecule has 0 bridgehead atoms. The molecular formula is C23H17N7. The molecule has 1 N–H and O–H groups in total. The molecule has 2 aromatic carbocycles. The van der Waals surface area contributed by atoms with Gasteiger partial charge in [0.25, 0.3) is 0 Å². The minimum Gasteiger partial charge on any atom is -0.278 e. The molecule has 0 fully saturated rings. The van der Waals surface area contributed by atoms with Crippen LogP contribution in [-0.2, 0) is 6.54 Å². The molecule has 0 atom stereocenters. The van der Waals surface area contributed by atoms with Crippen molar-refractivity contribution in [2.75, 3.05) is 0 Å². The van der Waals surface area contributed by atoms with Crippen LogP contribution in [0.2, 0.25) is 0 Å². The highest BCUT2D eigenvalue weighted by atomic mass is 15.4. The molecule has 6 aromatic rings. The van der Waals surface area contributed by atoms with Crippen LogP contribution in [0.15, 0.2) is 66.9 Å². The van der Waals surface area contributed by atoms with Crippen molar-refractivity contribution in [3.63, 3.8) is 0 Å². The van der Waals surface area contributed by atoms with Gasteiger partial charge in [-0.15, -0.1) is 5.10 Å². The van der Waals surface area contributed by atoms with Crippen molar-refractivity contribution in [1.82, 2.24) is 35.2 Å². The molecule has 0 aliphatic carbocycles. The number of hydrogen-bond acceptors (Lipinski definition) is 5. The van der Waals surface area contributed by atoms with E-state index in [0.29, 0.717) is 6.54 Å². The summed E-state index contributed by atoms with van der Waals surface area (Å²) in [6, 6.07) is 20.4. The van der Waals surface area contributed by atoms with Gasteiger partial charge in [-0.25, -0.2) is 9.67 Å². The zero-order chi connectivity index (χ0) is 20.1. The van der Waals surface area contributed by atoms with Crippen molar-refractivity contribution in [3.8, 4) is 11.3 Å². The van der Waals surface area contributed by atoms with E-state index in [9.17, 15) is 0 Å². The number of fused-ring (bicyclic) bond motifs is 3. The second kappa shape index (κ2) is 6.45. The first-order valence-corrected chi connectivity index (χ1v) is 9.74. The average Bonchev–Trinajstić information content (AvgIpc) is 3.36. The second-order valence-corrected chi connectivity index (χ2v) is 7.39. The first kappa shape index (κ1) is 16.8. The van der Waals surface area contributed by atoms with Gasteiger partial charge in [0.15, 0.2) is 5.65 Å². The van der Waals surface area contributed by atoms with E-state index in [0.717, 1.165) is 55.5 Å². The van der Waals surface area contributed by atoms with Crippen molar-refractivity contribution >= 4 is 33.0 Å². The molecule has 0 saturated carbocycles. The summed E-state index contributed by atoms with van der Waals surface area (Å²) in [7, 11) is 0. The molecule has 4 aromatic heterocycles. The Morgan fingerprint density at radius 3 is 2.87 bits per heavy atom. The third kappa shape index (κ3) is 2.71. The van der Waals surface area contributed by atoms with Crippen molar-refractivity contribution < 1.29 is 0 Å². The molecule has 0 radical (unpaired) electrons. The number of nitrogens with one attached hydrogen (secondary N) is 1. The number of pyridine rings is 2. The largest absolute Gasteiger partial charge is 0.278 e. The van der Waals surface area contributed by atoms with Gasteiger partial charge >= 0.3 is 0 Å². The molecular weight excluding hydrogens is 374 g/mol. The van der Waals surface area contributed by atoms with Gasteiger partial charge in [0.2, 0.25) is 0 Å². The number of rotatable bonds is 3. The summed E-state index contributed by atoms with van der Waals surface area (Å²) in [4.78, 5) is 9.25. The number of hydrogen-bond donors (Lipinski definition) is 1. The van der Waals surface area contributed by atoms with E-state index in [1.165, 1.54) is 0 Å². The minimum absolute atomic E-state index is 0.594. The molecule has 4 heterocycles. The van der Waals surface area contributed by atoms with Gasteiger partial charge in [0.1, 0.15) is 5.52 Å². The summed E-state index contributed by atoms with van der Waals surface area (Å²) in [5, 5.41) is 18.2. The predicted molar refractivity (Wildman–Crippen MR) is 116 cm³/mol. The van der Waals surface area contributed by atoms with E-state index in [4.69, 9.17) is 4.98 Å². The Kier molecular flexibility index (Phi) is 3.61. The summed E-state index contributed by atoms with van der Waals surface area (Å²) in [5.41, 5.74) is 7.55. The SMILES string of the molecule is Cc1n[nH]c2cc(-c3ccc4nnn(Cc5ccc6ncccc6c5)c4n3)ccc12. The highest BCUT2D eigenvalue weighted by Crippen LogP contribution is 2.25. The predicted octanol–water partition coefficient (Wildman–Crippen LogP) is 4.27. The molecule has 30 heavy (non-hydrogen) atoms. The Hall–Kier alpha value is -4.13. The first-order valence-electron chi connectivity index (χ1n) is 9.74. The topological polar surface area (TPSA) is 85.2 Å². The van der Waals surface area contributed by atoms with Crippen LogP contribution in [0.25, 0.3) is 44.2 Å². The maximum Gasteiger partial charge on any atom is 0.179 e. The van der Waals surface area contributed by atoms with Crippen LogP contribution in [0.4, 0.5) is 0 Å². The van der Waals surface area contributed by atoms with Gasteiger partial charge in [-0.1, -0.05) is 29.5 Å². The van der Waals surface area contributed by atoms with Crippen LogP contribution in [0.1, 0.15) is 11.3 Å². The van der Waals surface area contributed by atoms with Gasteiger partial charge in [0.05, 0.1) is 29.0 Å². The Morgan fingerprint density at radius 1 is 0.967 bits per heavy atom. The van der Waals surface area contributed by atoms with E-state index in [1.54, 1.807) is 6.20 Å². The summed E-state index contributed by atoms with van der Waals surface area (Å²) >= 11 is 0. The number of aryl methyl sites for hydroxylation is 1. The molecule has 0 aliphatic heterocycles. The summed E-state index contributed by atoms with van der Waals surface area (Å²) in [6.07, 6.45) is 1.81. The van der Waals surface area contributed by atoms with Crippen molar-refractivity contribution in [2.45, 2.75) is 13.5 Å². The fourth-order valence-corrected chi connectivity index (χ4v) is 3.83. The fourth-order valence-electron chi connectivity index (χ4n) is 3.83. The Balaban J connectivity index is 1.40. The van der Waals surface area contributed by atoms with Gasteiger partial charge in [-0.3, -0.25) is 10.1 Å². The van der Waals surface area contributed by atoms with Gasteiger partial charge in [-0.2, -0.15) is 5.10 Å². The molecule has 144 valence electrons. The standard InChI is InChI=1S/C23H17N7/c1-14-18-6-5-17(12-22(18)27-26-14)20-8-9-21-23(25-20)30(29-28-21)13-15-4-7-19-16(11-15)3-2-10-24-19/h2-12H,13H2,1H3,(H,26,27). The molecule has 0 saturated heterocycles. The lowest BCUT2D eigenvalue weighted by atomic mass is 10.1. The third-order valence-corrected chi connectivity index (χ3v) is 5.41. The Labute approximate surface area is 171 Å². The lowest BCUT2D eigenvalue weighted by Gasteiger charge is -2.06. The zero-order valence-corrected chi connectivity index (χ0v) is 16.2. The number of aromatic nitrogens is 7. The molecule has 0 unspecified atom stereocenters. The molecule has 6 rings (SSSR count). The van der Waals surface area contributed by atoms with E-state index in [2.05, 4.69) is 61.9 Å². The van der Waals surface area contributed by atoms with Gasteiger partial charge in [0, 0.05) is 22.5 Å². The number of aromatic amines is 1. The molecule has 7 heteroatoms. The number of benzene rings is 2. The summed E-state index contributed by atoms with van der Waals surface area (Å²) < 4.78 is 1.84. The van der Waals surface area contributed by atoms with Gasteiger partial charge in [-0.05, 0) is 48.9 Å². The monoisotopic (exact) mass is 391 g/mol. The summed E-state index contributed by atoms with van der Waals surface area (Å²) in [5.74, 6) is 0. The van der Waals surface area contributed by atoms with Crippen molar-refractivity contribution in [1.29, 1.82) is 0 Å². The highest BCUT2D eigenvalue weighted by Gasteiger charge is 2.11. The molecule has 0 spiro atoms. The number of nitrogens with zero attached hydrogens (tertiary/aromatic N) is 6. The van der Waals surface area contributed by atoms with E-state index in [-0.39, 0.29) is 0 Å². The van der Waals surface area contributed by atoms with Crippen LogP contribution in [0.5, 0.6) is 0 Å². The quantitative estimate of drug-likeness (QED) is 0.487. The second-order valence-electron chi connectivity index (χ2n) is 7.39. The molecule has 0 aliphatic rings. The Bertz CT molecular complexity index is 1540. The lowest BCUT2D eigenvalue weighted by Crippen LogP contribution is -2.03. The molecule has 7 nitrogen and oxygen atoms in total. The maximum absolute atomic E-state index is 4.87. The maximum atomic E-state index is 4.87. The average molecular weight is 391 g/mol. The zero-order valence-electron chi connectivity index (χ0n) is 16.2. The van der Waals surface area contributed by atoms with Crippen LogP contribution in [0, 0.1) is 6.92 Å². The highest BCUT2D eigenvalue weighted by molar-refractivity contribution is 5.86. The lowest BCUT2D eigenvalue weighted by molar-refractivity contribution is 0.665. The normalized spacial score (nSPS) is 11.6. The number of H-pyrrole nitrogens is 1. The Morgan fingerprint density at radius 2 is 1.90 bits per heavy atom. The smallest absolute Gasteiger partial charge is 0.179 e. The third-order valence-electron chi connectivity index (χ3n) is 5.41. The van der Waals surface area contributed by atoms with E-state index in [1.807, 2.05) is 35.9 Å². The summed E-state index contributed by atoms with van der Waals surface area (Å²) in [6.45, 7) is 2.59. The molecule has 0 amide bonds. The van der Waals surface area contributed by atoms with Crippen molar-refractivity contribution in [3.05, 3.63) is 78.1 Å². The van der Waals surface area contributed by atoms with Crippen LogP contribution >= 0.6 is 0 Å². The first-order chi connectivity index (χ1) is 14.7. The minimum atomic E-state index is 0.594. The van der Waals surface area contributed by atoms with Crippen LogP contribution in [-0.4, -0.2) is 35.2 Å². The van der Waals surface area contributed by atoms with Crippen LogP contribution < -0.4 is 0 Å². The van der Waals surface area contributed by atoms with Crippen molar-refractivity contribution in [2.24, 2.45) is 0 Å². The van der Waals surface area contributed by atoms with Crippen LogP contribution in [0.3, 0.4) is 0 Å². The van der Waals surface area contributed by atoms with E-state index < -0.39 is 0 Å². The van der Waals surface area contributed by atoms with Gasteiger partial charge < -0.3 is 0 Å².